The molecule has 1 amide bonds. The van der Waals surface area contributed by atoms with Crippen LogP contribution in [-0.2, 0) is 4.79 Å². The van der Waals surface area contributed by atoms with Gasteiger partial charge in [0.1, 0.15) is 5.41 Å². The summed E-state index contributed by atoms with van der Waals surface area (Å²) in [4.78, 5) is 17.1. The van der Waals surface area contributed by atoms with Gasteiger partial charge in [0.2, 0.25) is 5.91 Å². The maximum Gasteiger partial charge on any atom is 0.243 e. The molecule has 0 spiro atoms. The van der Waals surface area contributed by atoms with E-state index in [0.29, 0.717) is 6.04 Å². The van der Waals surface area contributed by atoms with Gasteiger partial charge in [-0.3, -0.25) is 9.69 Å². The number of hydrogen-bond acceptors (Lipinski definition) is 3. The second-order valence-electron chi connectivity index (χ2n) is 6.14. The highest BCUT2D eigenvalue weighted by atomic mass is 16.2. The van der Waals surface area contributed by atoms with Gasteiger partial charge in [-0.05, 0) is 45.6 Å². The van der Waals surface area contributed by atoms with Gasteiger partial charge >= 0.3 is 0 Å². The smallest absolute Gasteiger partial charge is 0.243 e. The number of nitriles is 1. The van der Waals surface area contributed by atoms with Gasteiger partial charge in [0.25, 0.3) is 0 Å². The maximum absolute atomic E-state index is 12.6. The van der Waals surface area contributed by atoms with Crippen molar-refractivity contribution in [3.8, 4) is 6.07 Å². The lowest BCUT2D eigenvalue weighted by atomic mass is 9.68. The van der Waals surface area contributed by atoms with Crippen molar-refractivity contribution >= 4 is 5.91 Å². The lowest BCUT2D eigenvalue weighted by Crippen LogP contribution is -2.60. The molecule has 3 aliphatic rings. The van der Waals surface area contributed by atoms with Crippen LogP contribution in [0.1, 0.15) is 39.0 Å². The minimum atomic E-state index is -0.672. The van der Waals surface area contributed by atoms with Gasteiger partial charge in [-0.1, -0.05) is 0 Å². The molecule has 2 unspecified atom stereocenters. The molecule has 1 aliphatic carbocycles. The number of piperazine rings is 1. The second-order valence-corrected chi connectivity index (χ2v) is 6.14. The molecule has 98 valence electrons. The van der Waals surface area contributed by atoms with Crippen molar-refractivity contribution in [2.75, 3.05) is 19.6 Å². The van der Waals surface area contributed by atoms with E-state index in [9.17, 15) is 10.1 Å². The Morgan fingerprint density at radius 1 is 1.33 bits per heavy atom. The predicted molar refractivity (Wildman–Crippen MR) is 67.7 cm³/mol. The zero-order valence-corrected chi connectivity index (χ0v) is 11.1. The topological polar surface area (TPSA) is 47.3 Å². The Kier molecular flexibility index (Phi) is 2.82. The molecule has 2 saturated heterocycles. The van der Waals surface area contributed by atoms with Gasteiger partial charge in [-0.15, -0.1) is 0 Å². The van der Waals surface area contributed by atoms with E-state index >= 15 is 0 Å². The standard InChI is InChI=1S/C14H21N3O/c1-11-8-16-7-2-4-12(16)9-17(11)13(18)14(10-15)5-3-6-14/h11-12H,2-9H2,1H3. The van der Waals surface area contributed by atoms with E-state index < -0.39 is 5.41 Å². The van der Waals surface area contributed by atoms with Crippen LogP contribution in [0.4, 0.5) is 0 Å². The molecule has 0 bridgehead atoms. The second kappa shape index (κ2) is 4.24. The molecule has 0 aromatic rings. The van der Waals surface area contributed by atoms with Crippen molar-refractivity contribution < 1.29 is 4.79 Å². The maximum atomic E-state index is 12.6. The van der Waals surface area contributed by atoms with E-state index in [4.69, 9.17) is 0 Å². The number of carbonyl (C=O) groups is 1. The van der Waals surface area contributed by atoms with E-state index in [0.717, 1.165) is 32.4 Å². The fraction of sp³-hybridized carbons (Fsp3) is 0.857. The minimum Gasteiger partial charge on any atom is -0.336 e. The van der Waals surface area contributed by atoms with Gasteiger partial charge in [0.05, 0.1) is 6.07 Å². The average molecular weight is 247 g/mol. The van der Waals surface area contributed by atoms with E-state index in [2.05, 4.69) is 17.9 Å². The zero-order chi connectivity index (χ0) is 12.8. The molecule has 2 heterocycles. The molecule has 2 aliphatic heterocycles. The molecule has 3 fully saturated rings. The average Bonchev–Trinajstić information content (AvgIpc) is 2.74. The van der Waals surface area contributed by atoms with Crippen LogP contribution in [0.5, 0.6) is 0 Å². The molecule has 2 atom stereocenters. The van der Waals surface area contributed by atoms with Crippen LogP contribution >= 0.6 is 0 Å². The lowest BCUT2D eigenvalue weighted by Gasteiger charge is -2.46. The Balaban J connectivity index is 1.75. The first-order valence-corrected chi connectivity index (χ1v) is 7.13. The molecule has 4 nitrogen and oxygen atoms in total. The summed E-state index contributed by atoms with van der Waals surface area (Å²) in [5, 5.41) is 9.30. The monoisotopic (exact) mass is 247 g/mol. The van der Waals surface area contributed by atoms with E-state index in [-0.39, 0.29) is 11.9 Å². The minimum absolute atomic E-state index is 0.107. The van der Waals surface area contributed by atoms with Crippen molar-refractivity contribution in [1.29, 1.82) is 5.26 Å². The number of rotatable bonds is 1. The molecule has 4 heteroatoms. The van der Waals surface area contributed by atoms with Gasteiger partial charge in [0, 0.05) is 25.2 Å². The summed E-state index contributed by atoms with van der Waals surface area (Å²) in [6, 6.07) is 3.09. The van der Waals surface area contributed by atoms with Crippen LogP contribution in [0, 0.1) is 16.7 Å². The number of nitrogens with zero attached hydrogens (tertiary/aromatic N) is 3. The first-order valence-electron chi connectivity index (χ1n) is 7.13. The van der Waals surface area contributed by atoms with Crippen molar-refractivity contribution in [3.05, 3.63) is 0 Å². The normalized spacial score (nSPS) is 34.6. The molecule has 1 saturated carbocycles. The fourth-order valence-electron chi connectivity index (χ4n) is 3.65. The highest BCUT2D eigenvalue weighted by Crippen LogP contribution is 2.43. The highest BCUT2D eigenvalue weighted by Gasteiger charge is 2.49. The van der Waals surface area contributed by atoms with Crippen molar-refractivity contribution in [1.82, 2.24) is 9.80 Å². The van der Waals surface area contributed by atoms with Crippen molar-refractivity contribution in [3.63, 3.8) is 0 Å². The Labute approximate surface area is 109 Å². The Hall–Kier alpha value is -1.08. The van der Waals surface area contributed by atoms with E-state index in [1.165, 1.54) is 19.4 Å². The summed E-state index contributed by atoms with van der Waals surface area (Å²) in [6.45, 7) is 5.12. The first kappa shape index (κ1) is 12.0. The summed E-state index contributed by atoms with van der Waals surface area (Å²) in [7, 11) is 0. The van der Waals surface area contributed by atoms with Crippen LogP contribution < -0.4 is 0 Å². The van der Waals surface area contributed by atoms with Crippen molar-refractivity contribution in [2.24, 2.45) is 5.41 Å². The quantitative estimate of drug-likeness (QED) is 0.703. The molecular formula is C14H21N3O. The zero-order valence-electron chi connectivity index (χ0n) is 11.1. The summed E-state index contributed by atoms with van der Waals surface area (Å²) < 4.78 is 0. The van der Waals surface area contributed by atoms with E-state index in [1.54, 1.807) is 0 Å². The third-order valence-corrected chi connectivity index (χ3v) is 5.03. The summed E-state index contributed by atoms with van der Waals surface area (Å²) in [6.07, 6.45) is 5.01. The van der Waals surface area contributed by atoms with Crippen LogP contribution in [0.3, 0.4) is 0 Å². The number of hydrogen-bond donors (Lipinski definition) is 0. The Bertz CT molecular complexity index is 396. The van der Waals surface area contributed by atoms with Crippen LogP contribution in [0.2, 0.25) is 0 Å². The molecule has 0 N–H and O–H groups in total. The number of fused-ring (bicyclic) bond motifs is 1. The third kappa shape index (κ3) is 1.65. The molecule has 0 aromatic heterocycles. The van der Waals surface area contributed by atoms with Crippen LogP contribution in [-0.4, -0.2) is 47.4 Å². The van der Waals surface area contributed by atoms with Gasteiger partial charge in [-0.2, -0.15) is 5.26 Å². The van der Waals surface area contributed by atoms with Gasteiger partial charge in [0.15, 0.2) is 0 Å². The first-order chi connectivity index (χ1) is 8.66. The van der Waals surface area contributed by atoms with Crippen molar-refractivity contribution in [2.45, 2.75) is 51.1 Å². The fourth-order valence-corrected chi connectivity index (χ4v) is 3.65. The SMILES string of the molecule is CC1CN2CCCC2CN1C(=O)C1(C#N)CCC1. The lowest BCUT2D eigenvalue weighted by molar-refractivity contribution is -0.148. The number of amides is 1. The molecule has 0 radical (unpaired) electrons. The van der Waals surface area contributed by atoms with Gasteiger partial charge in [-0.25, -0.2) is 0 Å². The Morgan fingerprint density at radius 3 is 2.72 bits per heavy atom. The molecule has 18 heavy (non-hydrogen) atoms. The van der Waals surface area contributed by atoms with E-state index in [1.807, 2.05) is 4.90 Å². The molecule has 0 aromatic carbocycles. The highest BCUT2D eigenvalue weighted by molar-refractivity contribution is 5.86. The summed E-state index contributed by atoms with van der Waals surface area (Å²) >= 11 is 0. The van der Waals surface area contributed by atoms with Crippen LogP contribution in [0.15, 0.2) is 0 Å². The molecular weight excluding hydrogens is 226 g/mol. The van der Waals surface area contributed by atoms with Gasteiger partial charge < -0.3 is 4.90 Å². The van der Waals surface area contributed by atoms with Crippen LogP contribution in [0.25, 0.3) is 0 Å². The molecule has 3 rings (SSSR count). The largest absolute Gasteiger partial charge is 0.336 e. The number of carbonyl (C=O) groups excluding carboxylic acids is 1. The summed E-state index contributed by atoms with van der Waals surface area (Å²) in [5.41, 5.74) is -0.672. The predicted octanol–water partition coefficient (Wildman–Crippen LogP) is 1.38. The summed E-state index contributed by atoms with van der Waals surface area (Å²) in [5.74, 6) is 0.107. The Morgan fingerprint density at radius 2 is 2.11 bits per heavy atom. The third-order valence-electron chi connectivity index (χ3n) is 5.03.